The molecule has 0 atom stereocenters. The number of nitrogens with two attached hydrogens (primary N) is 1. The molecule has 2 aromatic heterocycles. The van der Waals surface area contributed by atoms with Crippen LogP contribution in [-0.4, -0.2) is 14.5 Å². The number of aryl methyl sites for hydroxylation is 1. The fraction of sp³-hybridized carbons (Fsp3) is 0.143. The van der Waals surface area contributed by atoms with E-state index in [1.54, 1.807) is 11.3 Å². The third-order valence-corrected chi connectivity index (χ3v) is 4.21. The second-order valence-electron chi connectivity index (χ2n) is 4.46. The summed E-state index contributed by atoms with van der Waals surface area (Å²) in [7, 11) is 0. The predicted molar refractivity (Wildman–Crippen MR) is 83.8 cm³/mol. The van der Waals surface area contributed by atoms with Gasteiger partial charge in [-0.3, -0.25) is 0 Å². The monoisotopic (exact) mass is 287 g/mol. The molecule has 96 valence electrons. The van der Waals surface area contributed by atoms with Crippen molar-refractivity contribution in [1.29, 1.82) is 0 Å². The number of hydrogen-bond donors (Lipinski definition) is 1. The molecule has 3 aromatic rings. The first kappa shape index (κ1) is 12.3. The minimum absolute atomic E-state index is 0.435. The van der Waals surface area contributed by atoms with Gasteiger partial charge in [0.1, 0.15) is 10.00 Å². The molecule has 0 saturated carbocycles. The first-order valence-electron chi connectivity index (χ1n) is 5.93. The molecule has 2 heterocycles. The van der Waals surface area contributed by atoms with Crippen molar-refractivity contribution >= 4 is 39.4 Å². The van der Waals surface area contributed by atoms with Crippen molar-refractivity contribution in [2.24, 2.45) is 5.73 Å². The van der Waals surface area contributed by atoms with Crippen molar-refractivity contribution in [3.63, 3.8) is 0 Å². The number of thiazole rings is 1. The van der Waals surface area contributed by atoms with Gasteiger partial charge in [0.25, 0.3) is 0 Å². The van der Waals surface area contributed by atoms with E-state index in [1.165, 1.54) is 5.52 Å². The maximum Gasteiger partial charge on any atom is 0.113 e. The van der Waals surface area contributed by atoms with Crippen molar-refractivity contribution in [3.8, 4) is 0 Å². The topological polar surface area (TPSA) is 43.8 Å². The van der Waals surface area contributed by atoms with E-state index in [0.29, 0.717) is 4.99 Å². The first-order chi connectivity index (χ1) is 9.13. The maximum absolute atomic E-state index is 5.65. The molecule has 3 rings (SSSR count). The summed E-state index contributed by atoms with van der Waals surface area (Å²) in [4.78, 5) is 4.93. The molecule has 0 aliphatic rings. The van der Waals surface area contributed by atoms with Gasteiger partial charge in [-0.2, -0.15) is 0 Å². The van der Waals surface area contributed by atoms with E-state index in [9.17, 15) is 0 Å². The molecule has 0 saturated heterocycles. The SMILES string of the molecule is Cc1csc(Cn2ccc3cc(C(N)=S)ccc32)n1. The quantitative estimate of drug-likeness (QED) is 0.753. The van der Waals surface area contributed by atoms with Gasteiger partial charge in [0.15, 0.2) is 0 Å². The van der Waals surface area contributed by atoms with Crippen LogP contribution >= 0.6 is 23.6 Å². The zero-order chi connectivity index (χ0) is 13.4. The van der Waals surface area contributed by atoms with Crippen LogP contribution in [0.25, 0.3) is 10.9 Å². The number of hydrogen-bond acceptors (Lipinski definition) is 3. The lowest BCUT2D eigenvalue weighted by Crippen LogP contribution is -2.08. The smallest absolute Gasteiger partial charge is 0.113 e. The van der Waals surface area contributed by atoms with Crippen LogP contribution in [0.15, 0.2) is 35.8 Å². The van der Waals surface area contributed by atoms with E-state index >= 15 is 0 Å². The van der Waals surface area contributed by atoms with Gasteiger partial charge >= 0.3 is 0 Å². The van der Waals surface area contributed by atoms with Crippen LogP contribution in [0.5, 0.6) is 0 Å². The molecule has 0 unspecified atom stereocenters. The van der Waals surface area contributed by atoms with E-state index in [-0.39, 0.29) is 0 Å². The number of nitrogens with zero attached hydrogens (tertiary/aromatic N) is 2. The predicted octanol–water partition coefficient (Wildman–Crippen LogP) is 3.09. The number of fused-ring (bicyclic) bond motifs is 1. The molecule has 0 fully saturated rings. The van der Waals surface area contributed by atoms with E-state index < -0.39 is 0 Å². The van der Waals surface area contributed by atoms with Crippen LogP contribution in [0.2, 0.25) is 0 Å². The van der Waals surface area contributed by atoms with Crippen LogP contribution in [0, 0.1) is 6.92 Å². The Labute approximate surface area is 120 Å². The van der Waals surface area contributed by atoms with E-state index in [1.807, 2.05) is 19.1 Å². The number of thiocarbonyl (C=S) groups is 1. The summed E-state index contributed by atoms with van der Waals surface area (Å²) in [5.74, 6) is 0. The third-order valence-electron chi connectivity index (χ3n) is 3.03. The Hall–Kier alpha value is -1.72. The molecule has 0 spiro atoms. The van der Waals surface area contributed by atoms with Crippen molar-refractivity contribution < 1.29 is 0 Å². The fourth-order valence-electron chi connectivity index (χ4n) is 2.11. The molecule has 0 amide bonds. The Bertz CT molecular complexity index is 755. The second kappa shape index (κ2) is 4.75. The molecule has 1 aromatic carbocycles. The molecule has 0 bridgehead atoms. The van der Waals surface area contributed by atoms with Crippen LogP contribution < -0.4 is 5.73 Å². The summed E-state index contributed by atoms with van der Waals surface area (Å²) < 4.78 is 2.19. The Balaban J connectivity index is 1.99. The summed E-state index contributed by atoms with van der Waals surface area (Å²) in [5.41, 5.74) is 8.81. The molecular weight excluding hydrogens is 274 g/mol. The van der Waals surface area contributed by atoms with Crippen LogP contribution in [0.4, 0.5) is 0 Å². The Kier molecular flexibility index (Phi) is 3.08. The van der Waals surface area contributed by atoms with Gasteiger partial charge in [0.2, 0.25) is 0 Å². The van der Waals surface area contributed by atoms with Crippen molar-refractivity contribution in [1.82, 2.24) is 9.55 Å². The number of rotatable bonds is 3. The molecule has 19 heavy (non-hydrogen) atoms. The highest BCUT2D eigenvalue weighted by molar-refractivity contribution is 7.80. The largest absolute Gasteiger partial charge is 0.389 e. The van der Waals surface area contributed by atoms with Crippen molar-refractivity contribution in [2.75, 3.05) is 0 Å². The highest BCUT2D eigenvalue weighted by Gasteiger charge is 2.06. The summed E-state index contributed by atoms with van der Waals surface area (Å²) in [5, 5.41) is 4.35. The Morgan fingerprint density at radius 1 is 1.42 bits per heavy atom. The average Bonchev–Trinajstić information content (AvgIpc) is 2.96. The van der Waals surface area contributed by atoms with E-state index in [2.05, 4.69) is 33.3 Å². The second-order valence-corrected chi connectivity index (χ2v) is 5.85. The molecule has 5 heteroatoms. The third kappa shape index (κ3) is 2.39. The van der Waals surface area contributed by atoms with E-state index in [4.69, 9.17) is 18.0 Å². The van der Waals surface area contributed by atoms with Crippen LogP contribution in [-0.2, 0) is 6.54 Å². The first-order valence-corrected chi connectivity index (χ1v) is 7.22. The lowest BCUT2D eigenvalue weighted by Gasteiger charge is -2.04. The average molecular weight is 287 g/mol. The minimum Gasteiger partial charge on any atom is -0.389 e. The molecular formula is C14H13N3S2. The zero-order valence-corrected chi connectivity index (χ0v) is 12.1. The molecule has 2 N–H and O–H groups in total. The van der Waals surface area contributed by atoms with Crippen molar-refractivity contribution in [3.05, 3.63) is 52.1 Å². The minimum atomic E-state index is 0.435. The van der Waals surface area contributed by atoms with Crippen LogP contribution in [0.3, 0.4) is 0 Å². The molecule has 0 aliphatic carbocycles. The summed E-state index contributed by atoms with van der Waals surface area (Å²) >= 11 is 6.69. The van der Waals surface area contributed by atoms with E-state index in [0.717, 1.165) is 28.2 Å². The van der Waals surface area contributed by atoms with Gasteiger partial charge in [-0.1, -0.05) is 12.2 Å². The zero-order valence-electron chi connectivity index (χ0n) is 10.5. The fourth-order valence-corrected chi connectivity index (χ4v) is 3.01. The van der Waals surface area contributed by atoms with Crippen molar-refractivity contribution in [2.45, 2.75) is 13.5 Å². The number of benzene rings is 1. The Morgan fingerprint density at radius 2 is 2.26 bits per heavy atom. The van der Waals surface area contributed by atoms with Gasteiger partial charge in [-0.15, -0.1) is 11.3 Å². The standard InChI is InChI=1S/C14H13N3S2/c1-9-8-19-13(16-9)7-17-5-4-10-6-11(14(15)18)2-3-12(10)17/h2-6,8H,7H2,1H3,(H2,15,18). The molecule has 0 aliphatic heterocycles. The Morgan fingerprint density at radius 3 is 2.95 bits per heavy atom. The number of aromatic nitrogens is 2. The van der Waals surface area contributed by atoms with Gasteiger partial charge in [-0.25, -0.2) is 4.98 Å². The molecule has 0 radical (unpaired) electrons. The normalized spacial score (nSPS) is 11.0. The van der Waals surface area contributed by atoms with Gasteiger partial charge in [0, 0.05) is 33.7 Å². The van der Waals surface area contributed by atoms with Crippen LogP contribution in [0.1, 0.15) is 16.3 Å². The highest BCUT2D eigenvalue weighted by atomic mass is 32.1. The lowest BCUT2D eigenvalue weighted by atomic mass is 10.1. The lowest BCUT2D eigenvalue weighted by molar-refractivity contribution is 0.825. The van der Waals surface area contributed by atoms with Gasteiger partial charge in [0.05, 0.1) is 6.54 Å². The summed E-state index contributed by atoms with van der Waals surface area (Å²) in [6.07, 6.45) is 2.07. The molecule has 3 nitrogen and oxygen atoms in total. The highest BCUT2D eigenvalue weighted by Crippen LogP contribution is 2.20. The summed E-state index contributed by atoms with van der Waals surface area (Å²) in [6.45, 7) is 2.82. The summed E-state index contributed by atoms with van der Waals surface area (Å²) in [6, 6.07) is 8.14. The van der Waals surface area contributed by atoms with Gasteiger partial charge in [-0.05, 0) is 31.2 Å². The van der Waals surface area contributed by atoms with Gasteiger partial charge < -0.3 is 10.3 Å². The maximum atomic E-state index is 5.65.